The Labute approximate surface area is 123 Å². The summed E-state index contributed by atoms with van der Waals surface area (Å²) in [5.74, 6) is 1.45. The molecule has 1 heterocycles. The van der Waals surface area contributed by atoms with Crippen molar-refractivity contribution in [2.24, 2.45) is 11.8 Å². The minimum Gasteiger partial charge on any atom is -0.342 e. The number of hydrogen-bond acceptors (Lipinski definition) is 2. The molecule has 0 bridgehead atoms. The molecule has 0 spiro atoms. The van der Waals surface area contributed by atoms with Gasteiger partial charge in [-0.3, -0.25) is 4.79 Å². The number of likely N-dealkylation sites (tertiary alicyclic amines) is 1. The fourth-order valence-corrected chi connectivity index (χ4v) is 3.55. The molecule has 2 rings (SSSR count). The van der Waals surface area contributed by atoms with Crippen molar-refractivity contribution >= 4 is 18.3 Å². The Kier molecular flexibility index (Phi) is 7.16. The summed E-state index contributed by atoms with van der Waals surface area (Å²) in [6, 6.07) is 0.610. The lowest BCUT2D eigenvalue weighted by Gasteiger charge is -2.34. The standard InChI is InChI=1S/C15H28N2O.ClH/c1-12(11-13-5-3-4-6-13)15(18)17-9-7-14(16-2)8-10-17;/h12-14,16H,3-11H2,1-2H3;1H. The van der Waals surface area contributed by atoms with Crippen LogP contribution in [0.1, 0.15) is 51.9 Å². The Morgan fingerprint density at radius 3 is 2.32 bits per heavy atom. The molecule has 1 amide bonds. The van der Waals surface area contributed by atoms with E-state index in [1.54, 1.807) is 0 Å². The zero-order valence-corrected chi connectivity index (χ0v) is 13.2. The van der Waals surface area contributed by atoms with Crippen LogP contribution in [0.4, 0.5) is 0 Å². The number of halogens is 1. The van der Waals surface area contributed by atoms with Crippen molar-refractivity contribution in [3.8, 4) is 0 Å². The highest BCUT2D eigenvalue weighted by Gasteiger charge is 2.27. The fourth-order valence-electron chi connectivity index (χ4n) is 3.55. The minimum absolute atomic E-state index is 0. The van der Waals surface area contributed by atoms with Crippen molar-refractivity contribution in [2.75, 3.05) is 20.1 Å². The molecule has 3 nitrogen and oxygen atoms in total. The molecular weight excluding hydrogens is 260 g/mol. The Hall–Kier alpha value is -0.280. The number of nitrogens with one attached hydrogen (secondary N) is 1. The van der Waals surface area contributed by atoms with Gasteiger partial charge in [-0.25, -0.2) is 0 Å². The highest BCUT2D eigenvalue weighted by Crippen LogP contribution is 2.31. The SMILES string of the molecule is CNC1CCN(C(=O)C(C)CC2CCCC2)CC1.Cl. The molecule has 2 aliphatic rings. The summed E-state index contributed by atoms with van der Waals surface area (Å²) >= 11 is 0. The third-order valence-corrected chi connectivity index (χ3v) is 4.80. The lowest BCUT2D eigenvalue weighted by Crippen LogP contribution is -2.45. The molecule has 0 aromatic heterocycles. The van der Waals surface area contributed by atoms with Crippen LogP contribution < -0.4 is 5.32 Å². The molecule has 19 heavy (non-hydrogen) atoms. The van der Waals surface area contributed by atoms with Crippen molar-refractivity contribution in [2.45, 2.75) is 57.9 Å². The summed E-state index contributed by atoms with van der Waals surface area (Å²) < 4.78 is 0. The van der Waals surface area contributed by atoms with Crippen molar-refractivity contribution in [3.63, 3.8) is 0 Å². The van der Waals surface area contributed by atoms with Crippen LogP contribution in [0.15, 0.2) is 0 Å². The van der Waals surface area contributed by atoms with Crippen molar-refractivity contribution in [1.82, 2.24) is 10.2 Å². The maximum Gasteiger partial charge on any atom is 0.225 e. The van der Waals surface area contributed by atoms with Crippen molar-refractivity contribution in [3.05, 3.63) is 0 Å². The Morgan fingerprint density at radius 1 is 1.21 bits per heavy atom. The van der Waals surface area contributed by atoms with Gasteiger partial charge >= 0.3 is 0 Å². The van der Waals surface area contributed by atoms with E-state index in [1.165, 1.54) is 25.7 Å². The predicted octanol–water partition coefficient (Wildman–Crippen LogP) is 2.84. The van der Waals surface area contributed by atoms with E-state index >= 15 is 0 Å². The van der Waals surface area contributed by atoms with E-state index in [1.807, 2.05) is 7.05 Å². The number of piperidine rings is 1. The van der Waals surface area contributed by atoms with Gasteiger partial charge in [0.1, 0.15) is 0 Å². The first-order chi connectivity index (χ1) is 8.70. The first-order valence-electron chi connectivity index (χ1n) is 7.66. The van der Waals surface area contributed by atoms with Crippen LogP contribution in [-0.4, -0.2) is 37.0 Å². The average molecular weight is 289 g/mol. The minimum atomic E-state index is 0. The molecule has 1 saturated carbocycles. The van der Waals surface area contributed by atoms with Gasteiger partial charge in [-0.05, 0) is 32.2 Å². The van der Waals surface area contributed by atoms with Crippen molar-refractivity contribution < 1.29 is 4.79 Å². The maximum absolute atomic E-state index is 12.4. The average Bonchev–Trinajstić information content (AvgIpc) is 2.91. The number of amides is 1. The third-order valence-electron chi connectivity index (χ3n) is 4.80. The second-order valence-corrected chi connectivity index (χ2v) is 6.18. The molecule has 2 fully saturated rings. The Balaban J connectivity index is 0.00000180. The van der Waals surface area contributed by atoms with E-state index in [2.05, 4.69) is 17.1 Å². The number of carbonyl (C=O) groups excluding carboxylic acids is 1. The molecule has 0 aromatic carbocycles. The molecule has 1 saturated heterocycles. The normalized spacial score (nSPS) is 23.2. The molecule has 1 N–H and O–H groups in total. The van der Waals surface area contributed by atoms with E-state index in [-0.39, 0.29) is 18.3 Å². The largest absolute Gasteiger partial charge is 0.342 e. The van der Waals surface area contributed by atoms with Crippen LogP contribution in [0.2, 0.25) is 0 Å². The lowest BCUT2D eigenvalue weighted by molar-refractivity contribution is -0.136. The van der Waals surface area contributed by atoms with Gasteiger partial charge in [-0.2, -0.15) is 0 Å². The molecule has 1 unspecified atom stereocenters. The van der Waals surface area contributed by atoms with Crippen LogP contribution in [0, 0.1) is 11.8 Å². The second kappa shape index (κ2) is 8.11. The van der Waals surface area contributed by atoms with Gasteiger partial charge in [0.2, 0.25) is 5.91 Å². The lowest BCUT2D eigenvalue weighted by atomic mass is 9.93. The van der Waals surface area contributed by atoms with E-state index < -0.39 is 0 Å². The zero-order valence-electron chi connectivity index (χ0n) is 12.4. The first-order valence-corrected chi connectivity index (χ1v) is 7.66. The van der Waals surface area contributed by atoms with Gasteiger partial charge in [-0.15, -0.1) is 12.4 Å². The van der Waals surface area contributed by atoms with E-state index in [0.29, 0.717) is 11.9 Å². The molecule has 1 atom stereocenters. The summed E-state index contributed by atoms with van der Waals surface area (Å²) in [5.41, 5.74) is 0. The van der Waals surface area contributed by atoms with Gasteiger partial charge in [0.25, 0.3) is 0 Å². The summed E-state index contributed by atoms with van der Waals surface area (Å²) in [6.45, 7) is 4.02. The third kappa shape index (κ3) is 4.64. The summed E-state index contributed by atoms with van der Waals surface area (Å²) in [4.78, 5) is 14.5. The molecular formula is C15H29ClN2O. The van der Waals surface area contributed by atoms with Gasteiger partial charge < -0.3 is 10.2 Å². The zero-order chi connectivity index (χ0) is 13.0. The monoisotopic (exact) mass is 288 g/mol. The van der Waals surface area contributed by atoms with Crippen LogP contribution in [0.5, 0.6) is 0 Å². The van der Waals surface area contributed by atoms with Gasteiger partial charge in [0.05, 0.1) is 0 Å². The maximum atomic E-state index is 12.4. The number of carbonyl (C=O) groups is 1. The fraction of sp³-hybridized carbons (Fsp3) is 0.933. The molecule has 1 aliphatic carbocycles. The quantitative estimate of drug-likeness (QED) is 0.863. The summed E-state index contributed by atoms with van der Waals surface area (Å²) in [7, 11) is 2.02. The topological polar surface area (TPSA) is 32.3 Å². The molecule has 0 aromatic rings. The van der Waals surface area contributed by atoms with Gasteiger partial charge in [0, 0.05) is 25.0 Å². The summed E-state index contributed by atoms with van der Waals surface area (Å²) in [5, 5.41) is 3.31. The Bertz CT molecular complexity index is 271. The molecule has 0 radical (unpaired) electrons. The molecule has 4 heteroatoms. The first kappa shape index (κ1) is 16.8. The summed E-state index contributed by atoms with van der Waals surface area (Å²) in [6.07, 6.45) is 8.78. The number of rotatable bonds is 4. The van der Waals surface area contributed by atoms with E-state index in [9.17, 15) is 4.79 Å². The van der Waals surface area contributed by atoms with Crippen LogP contribution in [0.25, 0.3) is 0 Å². The van der Waals surface area contributed by atoms with E-state index in [0.717, 1.165) is 38.3 Å². The smallest absolute Gasteiger partial charge is 0.225 e. The Morgan fingerprint density at radius 2 is 1.79 bits per heavy atom. The van der Waals surface area contributed by atoms with E-state index in [4.69, 9.17) is 0 Å². The highest BCUT2D eigenvalue weighted by molar-refractivity contribution is 5.85. The van der Waals surface area contributed by atoms with Crippen LogP contribution in [0.3, 0.4) is 0 Å². The molecule has 112 valence electrons. The second-order valence-electron chi connectivity index (χ2n) is 6.18. The van der Waals surface area contributed by atoms with Crippen LogP contribution >= 0.6 is 12.4 Å². The predicted molar refractivity (Wildman–Crippen MR) is 81.6 cm³/mol. The number of nitrogens with zero attached hydrogens (tertiary/aromatic N) is 1. The van der Waals surface area contributed by atoms with Crippen LogP contribution in [-0.2, 0) is 4.79 Å². The molecule has 1 aliphatic heterocycles. The number of hydrogen-bond donors (Lipinski definition) is 1. The van der Waals surface area contributed by atoms with Gasteiger partial charge in [-0.1, -0.05) is 32.6 Å². The van der Waals surface area contributed by atoms with Crippen molar-refractivity contribution in [1.29, 1.82) is 0 Å². The van der Waals surface area contributed by atoms with Gasteiger partial charge in [0.15, 0.2) is 0 Å². The highest BCUT2D eigenvalue weighted by atomic mass is 35.5.